The molecule has 5 nitrogen and oxygen atoms in total. The van der Waals surface area contributed by atoms with Crippen LogP contribution in [0.15, 0.2) is 47.1 Å². The quantitative estimate of drug-likeness (QED) is 0.804. The van der Waals surface area contributed by atoms with Crippen molar-refractivity contribution in [3.05, 3.63) is 48.4 Å². The van der Waals surface area contributed by atoms with Crippen LogP contribution in [0.25, 0.3) is 0 Å². The summed E-state index contributed by atoms with van der Waals surface area (Å²) in [6.45, 7) is 4.47. The maximum Gasteiger partial charge on any atom is 0.224 e. The minimum absolute atomic E-state index is 0.142. The number of hydrogen-bond donors (Lipinski definition) is 1. The second-order valence-electron chi connectivity index (χ2n) is 6.67. The molecule has 1 aromatic heterocycles. The lowest BCUT2D eigenvalue weighted by atomic mass is 9.99. The highest BCUT2D eigenvalue weighted by Gasteiger charge is 2.16. The summed E-state index contributed by atoms with van der Waals surface area (Å²) < 4.78 is 5.04. The number of furan rings is 1. The second kappa shape index (κ2) is 8.01. The fourth-order valence-corrected chi connectivity index (χ4v) is 3.03. The Labute approximate surface area is 148 Å². The number of nitrogens with one attached hydrogen (secondary N) is 1. The summed E-state index contributed by atoms with van der Waals surface area (Å²) in [7, 11) is 0. The van der Waals surface area contributed by atoms with Crippen LogP contribution in [-0.4, -0.2) is 24.8 Å². The normalized spacial score (nSPS) is 15.2. The average Bonchev–Trinajstić information content (AvgIpc) is 3.16. The van der Waals surface area contributed by atoms with Crippen molar-refractivity contribution >= 4 is 23.1 Å². The van der Waals surface area contributed by atoms with E-state index in [0.717, 1.165) is 24.7 Å². The molecule has 3 rings (SSSR count). The van der Waals surface area contributed by atoms with Gasteiger partial charge in [0, 0.05) is 37.3 Å². The SMILES string of the molecule is CC1CCN(c2ccc(NC(=O)CCC(=O)c3ccco3)cc2)CC1. The molecule has 2 aromatic rings. The second-order valence-corrected chi connectivity index (χ2v) is 6.67. The fourth-order valence-electron chi connectivity index (χ4n) is 3.03. The van der Waals surface area contributed by atoms with Gasteiger partial charge >= 0.3 is 0 Å². The number of anilines is 2. The Morgan fingerprint density at radius 1 is 1.12 bits per heavy atom. The zero-order chi connectivity index (χ0) is 17.6. The smallest absolute Gasteiger partial charge is 0.224 e. The van der Waals surface area contributed by atoms with Crippen LogP contribution in [0.1, 0.15) is 43.2 Å². The van der Waals surface area contributed by atoms with E-state index in [9.17, 15) is 9.59 Å². The number of ketones is 1. The van der Waals surface area contributed by atoms with Crippen molar-refractivity contribution in [2.75, 3.05) is 23.3 Å². The summed E-state index contributed by atoms with van der Waals surface area (Å²) >= 11 is 0. The first-order chi connectivity index (χ1) is 12.1. The minimum atomic E-state index is -0.167. The van der Waals surface area contributed by atoms with Crippen molar-refractivity contribution in [2.24, 2.45) is 5.92 Å². The molecule has 1 N–H and O–H groups in total. The molecular weight excluding hydrogens is 316 g/mol. The zero-order valence-corrected chi connectivity index (χ0v) is 14.5. The Morgan fingerprint density at radius 3 is 2.48 bits per heavy atom. The Balaban J connectivity index is 1.47. The van der Waals surface area contributed by atoms with Gasteiger partial charge in [0.15, 0.2) is 11.5 Å². The third-order valence-electron chi connectivity index (χ3n) is 4.67. The number of benzene rings is 1. The number of piperidine rings is 1. The first-order valence-corrected chi connectivity index (χ1v) is 8.83. The molecule has 0 saturated carbocycles. The number of rotatable bonds is 6. The standard InChI is InChI=1S/C20H24N2O3/c1-15-10-12-22(13-11-15)17-6-4-16(5-7-17)21-20(24)9-8-18(23)19-3-2-14-25-19/h2-7,14-15H,8-13H2,1H3,(H,21,24). The Morgan fingerprint density at radius 2 is 1.84 bits per heavy atom. The molecule has 1 aliphatic rings. The molecule has 1 amide bonds. The van der Waals surface area contributed by atoms with Gasteiger partial charge in [0.25, 0.3) is 0 Å². The van der Waals surface area contributed by atoms with E-state index in [-0.39, 0.29) is 24.5 Å². The van der Waals surface area contributed by atoms with Gasteiger partial charge in [-0.15, -0.1) is 0 Å². The molecule has 5 heteroatoms. The van der Waals surface area contributed by atoms with E-state index < -0.39 is 0 Å². The van der Waals surface area contributed by atoms with Crippen molar-refractivity contribution in [1.82, 2.24) is 0 Å². The third kappa shape index (κ3) is 4.72. The van der Waals surface area contributed by atoms with E-state index >= 15 is 0 Å². The molecule has 1 aromatic carbocycles. The number of hydrogen-bond acceptors (Lipinski definition) is 4. The van der Waals surface area contributed by atoms with Gasteiger partial charge in [0.2, 0.25) is 5.91 Å². The molecule has 132 valence electrons. The molecule has 0 unspecified atom stereocenters. The van der Waals surface area contributed by atoms with Crippen molar-refractivity contribution in [1.29, 1.82) is 0 Å². The third-order valence-corrected chi connectivity index (χ3v) is 4.67. The molecule has 25 heavy (non-hydrogen) atoms. The van der Waals surface area contributed by atoms with Crippen LogP contribution in [0.3, 0.4) is 0 Å². The van der Waals surface area contributed by atoms with Crippen molar-refractivity contribution in [3.8, 4) is 0 Å². The van der Waals surface area contributed by atoms with Crippen molar-refractivity contribution in [2.45, 2.75) is 32.6 Å². The fraction of sp³-hybridized carbons (Fsp3) is 0.400. The minimum Gasteiger partial charge on any atom is -0.461 e. The molecule has 0 spiro atoms. The van der Waals surface area contributed by atoms with Gasteiger partial charge in [-0.05, 0) is 55.2 Å². The van der Waals surface area contributed by atoms with E-state index in [4.69, 9.17) is 4.42 Å². The summed E-state index contributed by atoms with van der Waals surface area (Å²) in [5.74, 6) is 0.779. The van der Waals surface area contributed by atoms with Crippen LogP contribution < -0.4 is 10.2 Å². The summed E-state index contributed by atoms with van der Waals surface area (Å²) in [4.78, 5) is 26.2. The molecule has 1 fully saturated rings. The summed E-state index contributed by atoms with van der Waals surface area (Å²) in [6, 6.07) is 11.2. The van der Waals surface area contributed by atoms with Gasteiger partial charge in [-0.2, -0.15) is 0 Å². The first-order valence-electron chi connectivity index (χ1n) is 8.83. The van der Waals surface area contributed by atoms with Gasteiger partial charge in [-0.25, -0.2) is 0 Å². The van der Waals surface area contributed by atoms with Crippen LogP contribution in [0.2, 0.25) is 0 Å². The summed E-state index contributed by atoms with van der Waals surface area (Å²) in [5.41, 5.74) is 1.95. The van der Waals surface area contributed by atoms with Crippen LogP contribution in [0, 0.1) is 5.92 Å². The number of carbonyl (C=O) groups is 2. The van der Waals surface area contributed by atoms with Gasteiger partial charge < -0.3 is 14.6 Å². The van der Waals surface area contributed by atoms with Crippen molar-refractivity contribution < 1.29 is 14.0 Å². The van der Waals surface area contributed by atoms with Gasteiger partial charge in [0.1, 0.15) is 0 Å². The molecule has 1 aliphatic heterocycles. The van der Waals surface area contributed by atoms with E-state index in [1.54, 1.807) is 12.1 Å². The summed E-state index contributed by atoms with van der Waals surface area (Å²) in [6.07, 6.45) is 4.19. The van der Waals surface area contributed by atoms with Crippen LogP contribution >= 0.6 is 0 Å². The zero-order valence-electron chi connectivity index (χ0n) is 14.5. The number of carbonyl (C=O) groups excluding carboxylic acids is 2. The number of nitrogens with zero attached hydrogens (tertiary/aromatic N) is 1. The van der Waals surface area contributed by atoms with E-state index in [1.807, 2.05) is 24.3 Å². The maximum atomic E-state index is 12.0. The average molecular weight is 340 g/mol. The molecular formula is C20H24N2O3. The van der Waals surface area contributed by atoms with Gasteiger partial charge in [-0.1, -0.05) is 6.92 Å². The highest BCUT2D eigenvalue weighted by molar-refractivity contribution is 5.98. The van der Waals surface area contributed by atoms with E-state index in [0.29, 0.717) is 5.76 Å². The topological polar surface area (TPSA) is 62.6 Å². The molecule has 0 radical (unpaired) electrons. The molecule has 0 bridgehead atoms. The van der Waals surface area contributed by atoms with Crippen LogP contribution in [0.5, 0.6) is 0 Å². The molecule has 0 aliphatic carbocycles. The van der Waals surface area contributed by atoms with E-state index in [2.05, 4.69) is 17.1 Å². The first kappa shape index (κ1) is 17.3. The van der Waals surface area contributed by atoms with E-state index in [1.165, 1.54) is 24.8 Å². The van der Waals surface area contributed by atoms with Crippen LogP contribution in [-0.2, 0) is 4.79 Å². The predicted octanol–water partition coefficient (Wildman–Crippen LogP) is 4.12. The Hall–Kier alpha value is -2.56. The number of Topliss-reactive ketones (excluding diaryl/α,β-unsaturated/α-hetero) is 1. The number of amides is 1. The monoisotopic (exact) mass is 340 g/mol. The maximum absolute atomic E-state index is 12.0. The predicted molar refractivity (Wildman–Crippen MR) is 98.0 cm³/mol. The van der Waals surface area contributed by atoms with Crippen LogP contribution in [0.4, 0.5) is 11.4 Å². The molecule has 1 saturated heterocycles. The Bertz CT molecular complexity index is 699. The lowest BCUT2D eigenvalue weighted by molar-refractivity contribution is -0.116. The highest BCUT2D eigenvalue weighted by atomic mass is 16.3. The summed E-state index contributed by atoms with van der Waals surface area (Å²) in [5, 5.41) is 2.84. The van der Waals surface area contributed by atoms with Gasteiger partial charge in [-0.3, -0.25) is 9.59 Å². The molecule has 2 heterocycles. The lowest BCUT2D eigenvalue weighted by Crippen LogP contribution is -2.32. The lowest BCUT2D eigenvalue weighted by Gasteiger charge is -2.32. The highest BCUT2D eigenvalue weighted by Crippen LogP contribution is 2.24. The van der Waals surface area contributed by atoms with Crippen molar-refractivity contribution in [3.63, 3.8) is 0 Å². The van der Waals surface area contributed by atoms with Gasteiger partial charge in [0.05, 0.1) is 6.26 Å². The molecule has 0 atom stereocenters. The largest absolute Gasteiger partial charge is 0.461 e. The Kier molecular flexibility index (Phi) is 5.53.